The molecule has 0 N–H and O–H groups in total. The van der Waals surface area contributed by atoms with E-state index in [1.165, 1.54) is 0 Å². The molecule has 0 amide bonds. The summed E-state index contributed by atoms with van der Waals surface area (Å²) in [7, 11) is 1.92. The van der Waals surface area contributed by atoms with Crippen LogP contribution in [0.3, 0.4) is 0 Å². The van der Waals surface area contributed by atoms with E-state index in [2.05, 4.69) is 22.0 Å². The number of rotatable bonds is 4. The van der Waals surface area contributed by atoms with Crippen LogP contribution in [-0.4, -0.2) is 24.3 Å². The molecule has 0 aliphatic rings. The molecule has 0 bridgehead atoms. The molecule has 3 rings (SSSR count). The van der Waals surface area contributed by atoms with Crippen molar-refractivity contribution < 1.29 is 4.42 Å². The van der Waals surface area contributed by atoms with E-state index < -0.39 is 0 Å². The second kappa shape index (κ2) is 5.18. The number of alkyl halides is 1. The van der Waals surface area contributed by atoms with Crippen molar-refractivity contribution in [1.29, 1.82) is 0 Å². The standard InChI is InChI=1S/C14H18ClN5O/c1-5-10-13-14(19(4)18-10)20(11(6-15)17-13)7-12-16-8(2)9(3)21-12/h5-7H2,1-4H3. The van der Waals surface area contributed by atoms with Crippen LogP contribution in [0.2, 0.25) is 0 Å². The van der Waals surface area contributed by atoms with Crippen molar-refractivity contribution in [3.05, 3.63) is 28.9 Å². The molecule has 0 aliphatic carbocycles. The number of nitrogens with zero attached hydrogens (tertiary/aromatic N) is 5. The monoisotopic (exact) mass is 307 g/mol. The van der Waals surface area contributed by atoms with Gasteiger partial charge < -0.3 is 8.98 Å². The fraction of sp³-hybridized carbons (Fsp3) is 0.500. The Morgan fingerprint density at radius 1 is 1.24 bits per heavy atom. The zero-order valence-corrected chi connectivity index (χ0v) is 13.4. The summed E-state index contributed by atoms with van der Waals surface area (Å²) in [6.07, 6.45) is 0.841. The maximum atomic E-state index is 6.05. The van der Waals surface area contributed by atoms with Gasteiger partial charge in [-0.2, -0.15) is 5.10 Å². The third-order valence-electron chi connectivity index (χ3n) is 3.69. The number of aryl methyl sites for hydroxylation is 4. The molecule has 0 saturated heterocycles. The summed E-state index contributed by atoms with van der Waals surface area (Å²) in [5.74, 6) is 2.65. The van der Waals surface area contributed by atoms with Crippen LogP contribution in [0.4, 0.5) is 0 Å². The normalized spacial score (nSPS) is 11.7. The van der Waals surface area contributed by atoms with E-state index in [1.54, 1.807) is 0 Å². The zero-order valence-electron chi connectivity index (χ0n) is 12.6. The number of aromatic nitrogens is 5. The lowest BCUT2D eigenvalue weighted by Gasteiger charge is -2.05. The fourth-order valence-electron chi connectivity index (χ4n) is 2.54. The highest BCUT2D eigenvalue weighted by atomic mass is 35.5. The Hall–Kier alpha value is -1.82. The third-order valence-corrected chi connectivity index (χ3v) is 3.93. The Morgan fingerprint density at radius 3 is 2.57 bits per heavy atom. The van der Waals surface area contributed by atoms with Crippen molar-refractivity contribution >= 4 is 22.8 Å². The molecule has 0 aliphatic heterocycles. The molecule has 0 radical (unpaired) electrons. The van der Waals surface area contributed by atoms with Gasteiger partial charge >= 0.3 is 0 Å². The molecule has 0 saturated carbocycles. The van der Waals surface area contributed by atoms with E-state index >= 15 is 0 Å². The Kier molecular flexibility index (Phi) is 3.49. The highest BCUT2D eigenvalue weighted by Gasteiger charge is 2.19. The summed E-state index contributed by atoms with van der Waals surface area (Å²) in [5.41, 5.74) is 3.76. The average molecular weight is 308 g/mol. The van der Waals surface area contributed by atoms with Crippen LogP contribution in [0, 0.1) is 13.8 Å². The first kappa shape index (κ1) is 14.1. The first-order valence-corrected chi connectivity index (χ1v) is 7.48. The summed E-state index contributed by atoms with van der Waals surface area (Å²) in [5, 5.41) is 4.51. The van der Waals surface area contributed by atoms with E-state index in [0.717, 1.165) is 40.6 Å². The minimum Gasteiger partial charge on any atom is -0.444 e. The highest BCUT2D eigenvalue weighted by Crippen LogP contribution is 2.22. The van der Waals surface area contributed by atoms with Crippen LogP contribution in [-0.2, 0) is 25.9 Å². The molecule has 3 heterocycles. The average Bonchev–Trinajstić information content (AvgIpc) is 3.06. The molecule has 112 valence electrons. The Labute approximate surface area is 127 Å². The summed E-state index contributed by atoms with van der Waals surface area (Å²) >= 11 is 6.05. The Bertz CT molecular complexity index is 779. The minimum absolute atomic E-state index is 0.344. The van der Waals surface area contributed by atoms with Gasteiger partial charge in [-0.1, -0.05) is 6.92 Å². The first-order chi connectivity index (χ1) is 10.0. The van der Waals surface area contributed by atoms with Crippen molar-refractivity contribution in [2.75, 3.05) is 0 Å². The maximum Gasteiger partial charge on any atom is 0.214 e. The summed E-state index contributed by atoms with van der Waals surface area (Å²) in [6.45, 7) is 6.43. The van der Waals surface area contributed by atoms with E-state index in [1.807, 2.05) is 30.1 Å². The number of hydrogen-bond donors (Lipinski definition) is 0. The number of fused-ring (bicyclic) bond motifs is 1. The number of hydrogen-bond acceptors (Lipinski definition) is 4. The van der Waals surface area contributed by atoms with Gasteiger partial charge in [-0.3, -0.25) is 4.68 Å². The second-order valence-corrected chi connectivity index (χ2v) is 5.36. The predicted molar refractivity (Wildman–Crippen MR) is 80.5 cm³/mol. The van der Waals surface area contributed by atoms with Crippen LogP contribution in [0.15, 0.2) is 4.42 Å². The number of imidazole rings is 1. The van der Waals surface area contributed by atoms with E-state index in [9.17, 15) is 0 Å². The van der Waals surface area contributed by atoms with Crippen molar-refractivity contribution in [2.24, 2.45) is 7.05 Å². The molecule has 0 aromatic carbocycles. The van der Waals surface area contributed by atoms with Crippen molar-refractivity contribution in [3.8, 4) is 0 Å². The van der Waals surface area contributed by atoms with Gasteiger partial charge in [0.2, 0.25) is 5.89 Å². The summed E-state index contributed by atoms with van der Waals surface area (Å²) in [4.78, 5) is 9.06. The van der Waals surface area contributed by atoms with E-state index in [4.69, 9.17) is 16.0 Å². The predicted octanol–water partition coefficient (Wildman–Crippen LogP) is 2.72. The van der Waals surface area contributed by atoms with Gasteiger partial charge in [0, 0.05) is 7.05 Å². The molecular weight excluding hydrogens is 290 g/mol. The van der Waals surface area contributed by atoms with Gasteiger partial charge in [0.15, 0.2) is 5.65 Å². The zero-order chi connectivity index (χ0) is 15.1. The lowest BCUT2D eigenvalue weighted by molar-refractivity contribution is 0.455. The lowest BCUT2D eigenvalue weighted by Crippen LogP contribution is -2.08. The fourth-order valence-corrected chi connectivity index (χ4v) is 2.74. The first-order valence-electron chi connectivity index (χ1n) is 6.95. The third kappa shape index (κ3) is 2.23. The van der Waals surface area contributed by atoms with E-state index in [-0.39, 0.29) is 0 Å². The minimum atomic E-state index is 0.344. The van der Waals surface area contributed by atoms with Gasteiger partial charge in [0.05, 0.1) is 17.3 Å². The topological polar surface area (TPSA) is 61.7 Å². The van der Waals surface area contributed by atoms with E-state index in [0.29, 0.717) is 18.3 Å². The smallest absolute Gasteiger partial charge is 0.214 e. The van der Waals surface area contributed by atoms with Gasteiger partial charge in [0.25, 0.3) is 0 Å². The molecule has 21 heavy (non-hydrogen) atoms. The van der Waals surface area contributed by atoms with Crippen LogP contribution < -0.4 is 0 Å². The summed E-state index contributed by atoms with van der Waals surface area (Å²) in [6, 6.07) is 0. The molecule has 3 aromatic heterocycles. The van der Waals surface area contributed by atoms with Gasteiger partial charge in [-0.15, -0.1) is 11.6 Å². The van der Waals surface area contributed by atoms with Crippen LogP contribution in [0.1, 0.15) is 35.8 Å². The number of halogens is 1. The molecular formula is C14H18ClN5O. The number of oxazole rings is 1. The van der Waals surface area contributed by atoms with Crippen LogP contribution >= 0.6 is 11.6 Å². The molecule has 3 aromatic rings. The van der Waals surface area contributed by atoms with Crippen LogP contribution in [0.25, 0.3) is 11.2 Å². The SMILES string of the molecule is CCc1nn(C)c2c1nc(CCl)n2Cc1nc(C)c(C)o1. The molecule has 6 nitrogen and oxygen atoms in total. The van der Waals surface area contributed by atoms with Crippen LogP contribution in [0.5, 0.6) is 0 Å². The molecule has 0 atom stereocenters. The van der Waals surface area contributed by atoms with Gasteiger partial charge in [0.1, 0.15) is 23.6 Å². The quantitative estimate of drug-likeness (QED) is 0.695. The Morgan fingerprint density at radius 2 is 2.00 bits per heavy atom. The molecule has 7 heteroatoms. The lowest BCUT2D eigenvalue weighted by atomic mass is 10.3. The van der Waals surface area contributed by atoms with Crippen molar-refractivity contribution in [3.63, 3.8) is 0 Å². The van der Waals surface area contributed by atoms with Crippen molar-refractivity contribution in [2.45, 2.75) is 39.6 Å². The second-order valence-electron chi connectivity index (χ2n) is 5.09. The van der Waals surface area contributed by atoms with Crippen molar-refractivity contribution in [1.82, 2.24) is 24.3 Å². The highest BCUT2D eigenvalue weighted by molar-refractivity contribution is 6.16. The maximum absolute atomic E-state index is 6.05. The molecule has 0 fully saturated rings. The molecule has 0 spiro atoms. The van der Waals surface area contributed by atoms with Gasteiger partial charge in [-0.05, 0) is 20.3 Å². The Balaban J connectivity index is 2.13. The summed E-state index contributed by atoms with van der Waals surface area (Å²) < 4.78 is 9.55. The molecule has 0 unspecified atom stereocenters. The van der Waals surface area contributed by atoms with Gasteiger partial charge in [-0.25, -0.2) is 9.97 Å². The largest absolute Gasteiger partial charge is 0.444 e.